The van der Waals surface area contributed by atoms with Crippen LogP contribution in [0.3, 0.4) is 0 Å². The first-order valence-corrected chi connectivity index (χ1v) is 7.02. The van der Waals surface area contributed by atoms with Crippen LogP contribution in [0.1, 0.15) is 24.8 Å². The van der Waals surface area contributed by atoms with Gasteiger partial charge in [0, 0.05) is 19.7 Å². The lowest BCUT2D eigenvalue weighted by molar-refractivity contribution is 0.240. The van der Waals surface area contributed by atoms with Crippen LogP contribution in [0.15, 0.2) is 24.3 Å². The molecule has 0 spiro atoms. The highest BCUT2D eigenvalue weighted by atomic mass is 16.5. The van der Waals surface area contributed by atoms with Gasteiger partial charge < -0.3 is 20.5 Å². The summed E-state index contributed by atoms with van der Waals surface area (Å²) in [6, 6.07) is 7.64. The predicted octanol–water partition coefficient (Wildman–Crippen LogP) is 1.70. The number of carbonyl (C=O) groups is 1. The number of carbonyl (C=O) groups excluding carboxylic acids is 1. The molecule has 2 amide bonds. The second-order valence-electron chi connectivity index (χ2n) is 4.53. The minimum Gasteiger partial charge on any atom is -0.496 e. The van der Waals surface area contributed by atoms with Gasteiger partial charge in [0.1, 0.15) is 5.75 Å². The van der Waals surface area contributed by atoms with Gasteiger partial charge in [-0.2, -0.15) is 0 Å². The third-order valence-corrected chi connectivity index (χ3v) is 2.99. The van der Waals surface area contributed by atoms with Crippen molar-refractivity contribution >= 4 is 6.03 Å². The molecular formula is C15H24N2O3. The number of amides is 2. The van der Waals surface area contributed by atoms with Crippen LogP contribution >= 0.6 is 0 Å². The first kappa shape index (κ1) is 16.3. The summed E-state index contributed by atoms with van der Waals surface area (Å²) < 4.78 is 5.26. The molecule has 0 radical (unpaired) electrons. The molecule has 1 aromatic carbocycles. The number of ether oxygens (including phenoxy) is 1. The molecule has 5 nitrogen and oxygen atoms in total. The van der Waals surface area contributed by atoms with Crippen molar-refractivity contribution in [2.24, 2.45) is 0 Å². The monoisotopic (exact) mass is 280 g/mol. The van der Waals surface area contributed by atoms with Crippen LogP contribution in [-0.4, -0.2) is 37.9 Å². The molecule has 20 heavy (non-hydrogen) atoms. The van der Waals surface area contributed by atoms with Gasteiger partial charge in [0.2, 0.25) is 0 Å². The quantitative estimate of drug-likeness (QED) is 0.603. The maximum absolute atomic E-state index is 11.5. The summed E-state index contributed by atoms with van der Waals surface area (Å²) in [5, 5.41) is 14.2. The van der Waals surface area contributed by atoms with E-state index in [1.165, 1.54) is 0 Å². The van der Waals surface area contributed by atoms with Crippen molar-refractivity contribution in [3.8, 4) is 5.75 Å². The Morgan fingerprint density at radius 1 is 1.15 bits per heavy atom. The summed E-state index contributed by atoms with van der Waals surface area (Å²) in [5.41, 5.74) is 1.08. The molecule has 0 bridgehead atoms. The molecule has 0 aliphatic rings. The first-order chi connectivity index (χ1) is 9.77. The normalized spacial score (nSPS) is 10.1. The average molecular weight is 280 g/mol. The standard InChI is InChI=1S/C15H24N2O3/c1-20-14-8-4-3-7-13(14)9-11-17-15(19)16-10-5-2-6-12-18/h3-4,7-8,18H,2,5-6,9-12H2,1H3,(H2,16,17,19). The highest BCUT2D eigenvalue weighted by Crippen LogP contribution is 2.17. The van der Waals surface area contributed by atoms with Crippen molar-refractivity contribution in [1.29, 1.82) is 0 Å². The second kappa shape index (κ2) is 10.1. The first-order valence-electron chi connectivity index (χ1n) is 7.02. The number of urea groups is 1. The number of benzene rings is 1. The molecule has 1 rings (SSSR count). The number of hydrogen-bond acceptors (Lipinski definition) is 3. The lowest BCUT2D eigenvalue weighted by atomic mass is 10.1. The van der Waals surface area contributed by atoms with Crippen LogP contribution in [0.25, 0.3) is 0 Å². The Balaban J connectivity index is 2.15. The number of unbranched alkanes of at least 4 members (excludes halogenated alkanes) is 2. The maximum atomic E-state index is 11.5. The van der Waals surface area contributed by atoms with Crippen molar-refractivity contribution in [3.63, 3.8) is 0 Å². The highest BCUT2D eigenvalue weighted by Gasteiger charge is 2.03. The van der Waals surface area contributed by atoms with E-state index in [-0.39, 0.29) is 12.6 Å². The Morgan fingerprint density at radius 3 is 2.65 bits per heavy atom. The van der Waals surface area contributed by atoms with Gasteiger partial charge in [-0.1, -0.05) is 18.2 Å². The summed E-state index contributed by atoms with van der Waals surface area (Å²) >= 11 is 0. The summed E-state index contributed by atoms with van der Waals surface area (Å²) in [6.07, 6.45) is 3.34. The third-order valence-electron chi connectivity index (χ3n) is 2.99. The van der Waals surface area contributed by atoms with Gasteiger partial charge in [-0.25, -0.2) is 4.79 Å². The zero-order chi connectivity index (χ0) is 14.6. The van der Waals surface area contributed by atoms with Crippen LogP contribution in [0, 0.1) is 0 Å². The van der Waals surface area contributed by atoms with E-state index in [0.29, 0.717) is 13.1 Å². The average Bonchev–Trinajstić information content (AvgIpc) is 2.47. The van der Waals surface area contributed by atoms with E-state index >= 15 is 0 Å². The van der Waals surface area contributed by atoms with Gasteiger partial charge in [0.05, 0.1) is 7.11 Å². The van der Waals surface area contributed by atoms with Crippen molar-refractivity contribution < 1.29 is 14.6 Å². The minimum atomic E-state index is -0.149. The van der Waals surface area contributed by atoms with Crippen molar-refractivity contribution in [2.75, 3.05) is 26.8 Å². The molecule has 0 saturated carbocycles. The van der Waals surface area contributed by atoms with E-state index in [1.807, 2.05) is 24.3 Å². The van der Waals surface area contributed by atoms with Gasteiger partial charge >= 0.3 is 6.03 Å². The van der Waals surface area contributed by atoms with Gasteiger partial charge in [0.15, 0.2) is 0 Å². The van der Waals surface area contributed by atoms with Crippen LogP contribution in [0.5, 0.6) is 5.75 Å². The molecule has 0 aliphatic carbocycles. The number of aliphatic hydroxyl groups is 1. The number of aliphatic hydroxyl groups excluding tert-OH is 1. The molecule has 112 valence electrons. The second-order valence-corrected chi connectivity index (χ2v) is 4.53. The fraction of sp³-hybridized carbons (Fsp3) is 0.533. The zero-order valence-corrected chi connectivity index (χ0v) is 12.0. The van der Waals surface area contributed by atoms with Crippen LogP contribution < -0.4 is 15.4 Å². The Labute approximate surface area is 120 Å². The van der Waals surface area contributed by atoms with Crippen LogP contribution in [0.4, 0.5) is 4.79 Å². The molecule has 0 saturated heterocycles. The molecule has 3 N–H and O–H groups in total. The molecule has 0 aliphatic heterocycles. The summed E-state index contributed by atoms with van der Waals surface area (Å²) in [7, 11) is 1.64. The third kappa shape index (κ3) is 6.43. The van der Waals surface area contributed by atoms with Gasteiger partial charge in [-0.05, 0) is 37.3 Å². The molecule has 0 unspecified atom stereocenters. The van der Waals surface area contributed by atoms with Gasteiger partial charge in [-0.3, -0.25) is 0 Å². The van der Waals surface area contributed by atoms with E-state index in [2.05, 4.69) is 10.6 Å². The smallest absolute Gasteiger partial charge is 0.314 e. The topological polar surface area (TPSA) is 70.6 Å². The molecule has 0 atom stereocenters. The molecule has 0 fully saturated rings. The molecule has 0 heterocycles. The zero-order valence-electron chi connectivity index (χ0n) is 12.0. The number of methoxy groups -OCH3 is 1. The Morgan fingerprint density at radius 2 is 1.90 bits per heavy atom. The number of hydrogen-bond donors (Lipinski definition) is 3. The van der Waals surface area contributed by atoms with Crippen LogP contribution in [0.2, 0.25) is 0 Å². The predicted molar refractivity (Wildman–Crippen MR) is 79.0 cm³/mol. The van der Waals surface area contributed by atoms with Crippen LogP contribution in [-0.2, 0) is 6.42 Å². The Bertz CT molecular complexity index is 396. The molecule has 5 heteroatoms. The number of nitrogens with one attached hydrogen (secondary N) is 2. The van der Waals surface area contributed by atoms with Gasteiger partial charge in [0.25, 0.3) is 0 Å². The van der Waals surface area contributed by atoms with Gasteiger partial charge in [-0.15, -0.1) is 0 Å². The largest absolute Gasteiger partial charge is 0.496 e. The van der Waals surface area contributed by atoms with E-state index in [0.717, 1.165) is 37.0 Å². The Hall–Kier alpha value is -1.75. The van der Waals surface area contributed by atoms with Crippen molar-refractivity contribution in [3.05, 3.63) is 29.8 Å². The SMILES string of the molecule is COc1ccccc1CCNC(=O)NCCCCCO. The fourth-order valence-corrected chi connectivity index (χ4v) is 1.90. The van der Waals surface area contributed by atoms with E-state index in [4.69, 9.17) is 9.84 Å². The summed E-state index contributed by atoms with van der Waals surface area (Å²) in [5.74, 6) is 0.846. The fourth-order valence-electron chi connectivity index (χ4n) is 1.90. The Kier molecular flexibility index (Phi) is 8.22. The lowest BCUT2D eigenvalue weighted by Gasteiger charge is -2.10. The summed E-state index contributed by atoms with van der Waals surface area (Å²) in [6.45, 7) is 1.43. The van der Waals surface area contributed by atoms with Crippen molar-refractivity contribution in [1.82, 2.24) is 10.6 Å². The van der Waals surface area contributed by atoms with E-state index in [1.54, 1.807) is 7.11 Å². The molecule has 0 aromatic heterocycles. The molecular weight excluding hydrogens is 256 g/mol. The number of para-hydroxylation sites is 1. The maximum Gasteiger partial charge on any atom is 0.314 e. The minimum absolute atomic E-state index is 0.149. The highest BCUT2D eigenvalue weighted by molar-refractivity contribution is 5.73. The lowest BCUT2D eigenvalue weighted by Crippen LogP contribution is -2.37. The number of rotatable bonds is 9. The van der Waals surface area contributed by atoms with Crippen molar-refractivity contribution in [2.45, 2.75) is 25.7 Å². The molecule has 1 aromatic rings. The van der Waals surface area contributed by atoms with E-state index in [9.17, 15) is 4.79 Å². The summed E-state index contributed by atoms with van der Waals surface area (Å²) in [4.78, 5) is 11.5. The van der Waals surface area contributed by atoms with E-state index < -0.39 is 0 Å².